The maximum Gasteiger partial charge on any atom is 0.338 e. The highest BCUT2D eigenvalue weighted by Crippen LogP contribution is 2.16. The molecule has 0 saturated carbocycles. The molecule has 0 aliphatic heterocycles. The molecular weight excluding hydrogens is 404 g/mol. The first-order valence-corrected chi connectivity index (χ1v) is 9.55. The molecule has 3 aromatic rings. The zero-order valence-corrected chi connectivity index (χ0v) is 16.7. The summed E-state index contributed by atoms with van der Waals surface area (Å²) in [6.07, 6.45) is 0.562. The lowest BCUT2D eigenvalue weighted by Gasteiger charge is -2.11. The maximum atomic E-state index is 12.5. The van der Waals surface area contributed by atoms with Gasteiger partial charge in [-0.25, -0.2) is 4.79 Å². The topological polar surface area (TPSA) is 84.5 Å². The molecule has 0 aromatic heterocycles. The Hall–Kier alpha value is -3.64. The van der Waals surface area contributed by atoms with Crippen molar-refractivity contribution in [1.82, 2.24) is 10.9 Å². The quantitative estimate of drug-likeness (QED) is 0.470. The summed E-state index contributed by atoms with van der Waals surface area (Å²) in [5, 5.41) is 0.255. The van der Waals surface area contributed by atoms with Gasteiger partial charge < -0.3 is 4.74 Å². The number of esters is 1. The van der Waals surface area contributed by atoms with Gasteiger partial charge >= 0.3 is 5.97 Å². The molecule has 0 saturated heterocycles. The molecule has 0 aliphatic rings. The standard InChI is InChI=1S/C23H19ClN2O4/c24-20-13-7-6-12-19(20)22(28)26-25-21(27)15-30-23(29)18-11-5-4-10-17(18)14-16-8-2-1-3-9-16/h1-13H,14-15H2,(H,25,27)(H,26,28). The number of nitrogens with one attached hydrogen (secondary N) is 2. The van der Waals surface area contributed by atoms with E-state index in [4.69, 9.17) is 16.3 Å². The predicted octanol–water partition coefficient (Wildman–Crippen LogP) is 3.55. The molecule has 7 heteroatoms. The van der Waals surface area contributed by atoms with Gasteiger partial charge in [0.15, 0.2) is 6.61 Å². The number of hydrogen-bond donors (Lipinski definition) is 2. The summed E-state index contributed by atoms with van der Waals surface area (Å²) in [5.74, 6) is -1.87. The fraction of sp³-hybridized carbons (Fsp3) is 0.0870. The Kier molecular flexibility index (Phi) is 7.19. The molecule has 3 rings (SSSR count). The summed E-state index contributed by atoms with van der Waals surface area (Å²) in [6, 6.07) is 23.2. The van der Waals surface area contributed by atoms with Crippen molar-refractivity contribution in [1.29, 1.82) is 0 Å². The van der Waals surface area contributed by atoms with Crippen LogP contribution in [0.3, 0.4) is 0 Å². The normalized spacial score (nSPS) is 10.2. The van der Waals surface area contributed by atoms with Crippen LogP contribution in [-0.2, 0) is 16.0 Å². The van der Waals surface area contributed by atoms with E-state index in [0.29, 0.717) is 12.0 Å². The second-order valence-corrected chi connectivity index (χ2v) is 6.79. The van der Waals surface area contributed by atoms with Crippen molar-refractivity contribution < 1.29 is 19.1 Å². The molecular formula is C23H19ClN2O4. The van der Waals surface area contributed by atoms with E-state index >= 15 is 0 Å². The molecule has 0 aliphatic carbocycles. The zero-order chi connectivity index (χ0) is 21.3. The average Bonchev–Trinajstić information content (AvgIpc) is 2.77. The minimum atomic E-state index is -0.677. The molecule has 30 heavy (non-hydrogen) atoms. The van der Waals surface area contributed by atoms with E-state index in [1.807, 2.05) is 42.5 Å². The van der Waals surface area contributed by atoms with Gasteiger partial charge in [-0.3, -0.25) is 20.4 Å². The molecule has 6 nitrogen and oxygen atoms in total. The zero-order valence-electron chi connectivity index (χ0n) is 15.9. The van der Waals surface area contributed by atoms with Gasteiger partial charge in [0.2, 0.25) is 0 Å². The van der Waals surface area contributed by atoms with Crippen molar-refractivity contribution in [2.75, 3.05) is 6.61 Å². The number of carbonyl (C=O) groups is 3. The van der Waals surface area contributed by atoms with Gasteiger partial charge in [-0.1, -0.05) is 72.3 Å². The van der Waals surface area contributed by atoms with E-state index in [1.165, 1.54) is 6.07 Å². The lowest BCUT2D eigenvalue weighted by molar-refractivity contribution is -0.125. The highest BCUT2D eigenvalue weighted by molar-refractivity contribution is 6.33. The molecule has 0 heterocycles. The fourth-order valence-corrected chi connectivity index (χ4v) is 3.00. The van der Waals surface area contributed by atoms with Crippen LogP contribution in [0.4, 0.5) is 0 Å². The van der Waals surface area contributed by atoms with Crippen molar-refractivity contribution >= 4 is 29.4 Å². The summed E-state index contributed by atoms with van der Waals surface area (Å²) >= 11 is 5.93. The highest BCUT2D eigenvalue weighted by atomic mass is 35.5. The summed E-state index contributed by atoms with van der Waals surface area (Å²) in [7, 11) is 0. The molecule has 2 N–H and O–H groups in total. The van der Waals surface area contributed by atoms with Crippen LogP contribution in [0.2, 0.25) is 5.02 Å². The van der Waals surface area contributed by atoms with Crippen LogP contribution in [0.5, 0.6) is 0 Å². The van der Waals surface area contributed by atoms with Gasteiger partial charge in [-0.15, -0.1) is 0 Å². The maximum absolute atomic E-state index is 12.5. The highest BCUT2D eigenvalue weighted by Gasteiger charge is 2.15. The third-order valence-electron chi connectivity index (χ3n) is 4.24. The van der Waals surface area contributed by atoms with Crippen LogP contribution in [0.25, 0.3) is 0 Å². The van der Waals surface area contributed by atoms with Crippen molar-refractivity contribution in [2.45, 2.75) is 6.42 Å². The molecule has 0 atom stereocenters. The van der Waals surface area contributed by atoms with Crippen molar-refractivity contribution in [3.63, 3.8) is 0 Å². The van der Waals surface area contributed by atoms with E-state index in [0.717, 1.165) is 11.1 Å². The lowest BCUT2D eigenvalue weighted by Crippen LogP contribution is -2.43. The van der Waals surface area contributed by atoms with E-state index in [2.05, 4.69) is 10.9 Å². The summed E-state index contributed by atoms with van der Waals surface area (Å²) in [6.45, 7) is -0.540. The summed E-state index contributed by atoms with van der Waals surface area (Å²) in [5.41, 5.74) is 6.87. The van der Waals surface area contributed by atoms with Gasteiger partial charge in [-0.05, 0) is 35.7 Å². The predicted molar refractivity (Wildman–Crippen MR) is 113 cm³/mol. The molecule has 152 valence electrons. The Labute approximate surface area is 178 Å². The Bertz CT molecular complexity index is 1050. The van der Waals surface area contributed by atoms with E-state index < -0.39 is 24.4 Å². The monoisotopic (exact) mass is 422 g/mol. The van der Waals surface area contributed by atoms with Gasteiger partial charge in [0.1, 0.15) is 0 Å². The minimum absolute atomic E-state index is 0.214. The third-order valence-corrected chi connectivity index (χ3v) is 4.57. The molecule has 0 spiro atoms. The number of hydrogen-bond acceptors (Lipinski definition) is 4. The van der Waals surface area contributed by atoms with Crippen molar-refractivity contribution in [3.8, 4) is 0 Å². The van der Waals surface area contributed by atoms with E-state index in [9.17, 15) is 14.4 Å². The van der Waals surface area contributed by atoms with Crippen LogP contribution in [-0.4, -0.2) is 24.4 Å². The molecule has 2 amide bonds. The number of rotatable bonds is 6. The third kappa shape index (κ3) is 5.68. The average molecular weight is 423 g/mol. The minimum Gasteiger partial charge on any atom is -0.452 e. The van der Waals surface area contributed by atoms with Crippen molar-refractivity contribution in [3.05, 3.63) is 106 Å². The van der Waals surface area contributed by atoms with Gasteiger partial charge in [0.05, 0.1) is 16.1 Å². The Morgan fingerprint density at radius 3 is 2.13 bits per heavy atom. The van der Waals surface area contributed by atoms with E-state index in [-0.39, 0.29) is 10.6 Å². The number of halogens is 1. The summed E-state index contributed by atoms with van der Waals surface area (Å²) < 4.78 is 5.10. The first-order valence-electron chi connectivity index (χ1n) is 9.17. The number of ether oxygens (including phenoxy) is 1. The number of carbonyl (C=O) groups excluding carboxylic acids is 3. The van der Waals surface area contributed by atoms with Gasteiger partial charge in [-0.2, -0.15) is 0 Å². The Balaban J connectivity index is 1.54. The van der Waals surface area contributed by atoms with Crippen LogP contribution >= 0.6 is 11.6 Å². The molecule has 0 fully saturated rings. The lowest BCUT2D eigenvalue weighted by atomic mass is 10.00. The number of hydrazine groups is 1. The fourth-order valence-electron chi connectivity index (χ4n) is 2.77. The largest absolute Gasteiger partial charge is 0.452 e. The van der Waals surface area contributed by atoms with Gasteiger partial charge in [0.25, 0.3) is 11.8 Å². The van der Waals surface area contributed by atoms with Crippen LogP contribution in [0, 0.1) is 0 Å². The molecule has 0 unspecified atom stereocenters. The first-order chi connectivity index (χ1) is 14.5. The second-order valence-electron chi connectivity index (χ2n) is 6.38. The number of benzene rings is 3. The Morgan fingerprint density at radius 1 is 0.767 bits per heavy atom. The summed E-state index contributed by atoms with van der Waals surface area (Å²) in [4.78, 5) is 36.4. The van der Waals surface area contributed by atoms with Crippen molar-refractivity contribution in [2.24, 2.45) is 0 Å². The van der Waals surface area contributed by atoms with Crippen LogP contribution in [0.1, 0.15) is 31.8 Å². The van der Waals surface area contributed by atoms with E-state index in [1.54, 1.807) is 30.3 Å². The number of amides is 2. The first kappa shape index (κ1) is 21.1. The molecule has 0 radical (unpaired) electrons. The smallest absolute Gasteiger partial charge is 0.338 e. The molecule has 3 aromatic carbocycles. The van der Waals surface area contributed by atoms with Crippen LogP contribution in [0.15, 0.2) is 78.9 Å². The second kappa shape index (κ2) is 10.2. The Morgan fingerprint density at radius 2 is 1.40 bits per heavy atom. The van der Waals surface area contributed by atoms with Crippen LogP contribution < -0.4 is 10.9 Å². The molecule has 0 bridgehead atoms. The SMILES string of the molecule is O=C(COC(=O)c1ccccc1Cc1ccccc1)NNC(=O)c1ccccc1Cl. The van der Waals surface area contributed by atoms with Gasteiger partial charge in [0, 0.05) is 0 Å².